The van der Waals surface area contributed by atoms with Gasteiger partial charge >= 0.3 is 6.18 Å². The monoisotopic (exact) mass is 336 g/mol. The number of aromatic nitrogens is 2. The normalized spacial score (nSPS) is 18.0. The molecule has 0 unspecified atom stereocenters. The zero-order valence-electron chi connectivity index (χ0n) is 12.6. The van der Waals surface area contributed by atoms with Gasteiger partial charge in [0.25, 0.3) is 5.91 Å². The Morgan fingerprint density at radius 1 is 1.25 bits per heavy atom. The number of carbonyl (C=O) groups excluding carboxylic acids is 1. The third kappa shape index (κ3) is 3.04. The standard InChI is InChI=1S/C16H15F3N4O/c17-16(18,19)13-6-5-10(9-22-13)12-4-2-8-23(12)15(24)14-11(20)3-1-7-21-14/h1,3,5-7,9,12H,2,4,8,20H2/t12-/m1/s1. The van der Waals surface area contributed by atoms with Crippen molar-refractivity contribution in [2.45, 2.75) is 25.1 Å². The van der Waals surface area contributed by atoms with Gasteiger partial charge in [-0.2, -0.15) is 13.2 Å². The lowest BCUT2D eigenvalue weighted by Gasteiger charge is -2.25. The molecule has 1 amide bonds. The van der Waals surface area contributed by atoms with Gasteiger partial charge in [-0.25, -0.2) is 4.98 Å². The average molecular weight is 336 g/mol. The molecule has 0 aliphatic carbocycles. The van der Waals surface area contributed by atoms with Crippen LogP contribution in [0.4, 0.5) is 18.9 Å². The highest BCUT2D eigenvalue weighted by molar-refractivity contribution is 5.97. The van der Waals surface area contributed by atoms with Gasteiger partial charge in [0.1, 0.15) is 5.69 Å². The highest BCUT2D eigenvalue weighted by atomic mass is 19.4. The zero-order chi connectivity index (χ0) is 17.3. The Bertz CT molecular complexity index is 746. The number of halogens is 3. The van der Waals surface area contributed by atoms with Gasteiger partial charge < -0.3 is 10.6 Å². The Labute approximate surface area is 136 Å². The molecule has 0 saturated carbocycles. The number of nitrogens with zero attached hydrogens (tertiary/aromatic N) is 3. The Hall–Kier alpha value is -2.64. The number of alkyl halides is 3. The van der Waals surface area contributed by atoms with Gasteiger partial charge in [0.15, 0.2) is 5.69 Å². The summed E-state index contributed by atoms with van der Waals surface area (Å²) in [5.74, 6) is -0.324. The van der Waals surface area contributed by atoms with E-state index in [0.717, 1.165) is 12.5 Å². The van der Waals surface area contributed by atoms with Gasteiger partial charge in [-0.05, 0) is 36.6 Å². The van der Waals surface area contributed by atoms with Crippen molar-refractivity contribution in [2.75, 3.05) is 12.3 Å². The fourth-order valence-electron chi connectivity index (χ4n) is 2.86. The molecule has 0 radical (unpaired) electrons. The second-order valence-electron chi connectivity index (χ2n) is 5.57. The van der Waals surface area contributed by atoms with E-state index < -0.39 is 11.9 Å². The molecule has 1 aliphatic heterocycles. The number of likely N-dealkylation sites (tertiary alicyclic amines) is 1. The number of anilines is 1. The minimum Gasteiger partial charge on any atom is -0.397 e. The number of amides is 1. The maximum absolute atomic E-state index is 12.7. The van der Waals surface area contributed by atoms with Crippen LogP contribution in [-0.4, -0.2) is 27.3 Å². The van der Waals surface area contributed by atoms with Crippen molar-refractivity contribution in [1.82, 2.24) is 14.9 Å². The number of hydrogen-bond acceptors (Lipinski definition) is 4. The smallest absolute Gasteiger partial charge is 0.397 e. The Morgan fingerprint density at radius 2 is 2.04 bits per heavy atom. The van der Waals surface area contributed by atoms with Crippen LogP contribution in [0.1, 0.15) is 40.6 Å². The van der Waals surface area contributed by atoms with Crippen molar-refractivity contribution < 1.29 is 18.0 Å². The van der Waals surface area contributed by atoms with Crippen LogP contribution in [0.5, 0.6) is 0 Å². The van der Waals surface area contributed by atoms with Crippen molar-refractivity contribution in [1.29, 1.82) is 0 Å². The lowest BCUT2D eigenvalue weighted by molar-refractivity contribution is -0.141. The molecule has 1 atom stereocenters. The van der Waals surface area contributed by atoms with Crippen molar-refractivity contribution in [3.63, 3.8) is 0 Å². The quantitative estimate of drug-likeness (QED) is 0.915. The van der Waals surface area contributed by atoms with Gasteiger partial charge in [0.2, 0.25) is 0 Å². The van der Waals surface area contributed by atoms with Crippen LogP contribution in [0.25, 0.3) is 0 Å². The first-order valence-electron chi connectivity index (χ1n) is 7.42. The highest BCUT2D eigenvalue weighted by Crippen LogP contribution is 2.34. The number of nitrogens with two attached hydrogens (primary N) is 1. The van der Waals surface area contributed by atoms with Crippen LogP contribution < -0.4 is 5.73 Å². The maximum atomic E-state index is 12.7. The Morgan fingerprint density at radius 3 is 2.67 bits per heavy atom. The SMILES string of the molecule is Nc1cccnc1C(=O)N1CCC[C@@H]1c1ccc(C(F)(F)F)nc1. The summed E-state index contributed by atoms with van der Waals surface area (Å²) in [7, 11) is 0. The minimum atomic E-state index is -4.48. The van der Waals surface area contributed by atoms with Crippen molar-refractivity contribution in [2.24, 2.45) is 0 Å². The lowest BCUT2D eigenvalue weighted by atomic mass is 10.1. The molecule has 0 bridgehead atoms. The number of nitrogen functional groups attached to an aromatic ring is 1. The van der Waals surface area contributed by atoms with E-state index in [1.807, 2.05) is 0 Å². The second-order valence-corrected chi connectivity index (χ2v) is 5.57. The molecule has 8 heteroatoms. The molecule has 1 aliphatic rings. The molecule has 2 N–H and O–H groups in total. The summed E-state index contributed by atoms with van der Waals surface area (Å²) in [4.78, 5) is 21.7. The molecule has 2 aromatic heterocycles. The first kappa shape index (κ1) is 16.2. The van der Waals surface area contributed by atoms with Gasteiger partial charge in [0, 0.05) is 18.9 Å². The van der Waals surface area contributed by atoms with Crippen LogP contribution in [0.3, 0.4) is 0 Å². The predicted molar refractivity (Wildman–Crippen MR) is 80.9 cm³/mol. The van der Waals surface area contributed by atoms with E-state index in [4.69, 9.17) is 5.73 Å². The predicted octanol–water partition coefficient (Wildman–Crippen LogP) is 3.05. The topological polar surface area (TPSA) is 72.1 Å². The van der Waals surface area contributed by atoms with Crippen molar-refractivity contribution in [3.05, 3.63) is 53.6 Å². The first-order chi connectivity index (χ1) is 11.4. The maximum Gasteiger partial charge on any atom is 0.433 e. The highest BCUT2D eigenvalue weighted by Gasteiger charge is 2.35. The van der Waals surface area contributed by atoms with E-state index in [0.29, 0.717) is 18.5 Å². The van der Waals surface area contributed by atoms with Crippen LogP contribution in [0, 0.1) is 0 Å². The largest absolute Gasteiger partial charge is 0.433 e. The fourth-order valence-corrected chi connectivity index (χ4v) is 2.86. The number of pyridine rings is 2. The summed E-state index contributed by atoms with van der Waals surface area (Å²) in [6, 6.07) is 5.20. The molecule has 3 heterocycles. The van der Waals surface area contributed by atoms with Crippen LogP contribution in [0.2, 0.25) is 0 Å². The molecule has 0 aromatic carbocycles. The molecule has 5 nitrogen and oxygen atoms in total. The number of rotatable bonds is 2. The van der Waals surface area contributed by atoms with Gasteiger partial charge in [-0.3, -0.25) is 9.78 Å². The van der Waals surface area contributed by atoms with E-state index in [2.05, 4.69) is 9.97 Å². The summed E-state index contributed by atoms with van der Waals surface area (Å²) < 4.78 is 37.9. The Balaban J connectivity index is 1.86. The van der Waals surface area contributed by atoms with E-state index >= 15 is 0 Å². The zero-order valence-corrected chi connectivity index (χ0v) is 12.6. The summed E-state index contributed by atoms with van der Waals surface area (Å²) >= 11 is 0. The molecule has 3 rings (SSSR count). The first-order valence-corrected chi connectivity index (χ1v) is 7.42. The van der Waals surface area contributed by atoms with E-state index in [1.165, 1.54) is 18.5 Å². The fraction of sp³-hybridized carbons (Fsp3) is 0.312. The molecule has 1 saturated heterocycles. The van der Waals surface area contributed by atoms with E-state index in [1.54, 1.807) is 17.0 Å². The molecule has 2 aromatic rings. The van der Waals surface area contributed by atoms with Crippen LogP contribution in [-0.2, 0) is 6.18 Å². The Kier molecular flexibility index (Phi) is 4.13. The van der Waals surface area contributed by atoms with Crippen molar-refractivity contribution in [3.8, 4) is 0 Å². The van der Waals surface area contributed by atoms with Gasteiger partial charge in [-0.1, -0.05) is 6.07 Å². The minimum absolute atomic E-state index is 0.157. The van der Waals surface area contributed by atoms with Crippen LogP contribution in [0.15, 0.2) is 36.7 Å². The summed E-state index contributed by atoms with van der Waals surface area (Å²) in [6.07, 6.45) is -0.406. The summed E-state index contributed by atoms with van der Waals surface area (Å²) in [5, 5.41) is 0. The number of carbonyl (C=O) groups is 1. The molecular formula is C16H15F3N4O. The van der Waals surface area contributed by atoms with Gasteiger partial charge in [0.05, 0.1) is 11.7 Å². The molecule has 1 fully saturated rings. The molecular weight excluding hydrogens is 321 g/mol. The van der Waals surface area contributed by atoms with Crippen LogP contribution >= 0.6 is 0 Å². The molecule has 24 heavy (non-hydrogen) atoms. The third-order valence-corrected chi connectivity index (χ3v) is 4.02. The molecule has 126 valence electrons. The van der Waals surface area contributed by atoms with Gasteiger partial charge in [-0.15, -0.1) is 0 Å². The third-order valence-electron chi connectivity index (χ3n) is 4.02. The average Bonchev–Trinajstić information content (AvgIpc) is 3.03. The van der Waals surface area contributed by atoms with E-state index in [9.17, 15) is 18.0 Å². The molecule has 0 spiro atoms. The summed E-state index contributed by atoms with van der Waals surface area (Å²) in [5.41, 5.74) is 5.85. The number of hydrogen-bond donors (Lipinski definition) is 1. The summed E-state index contributed by atoms with van der Waals surface area (Å²) in [6.45, 7) is 0.501. The lowest BCUT2D eigenvalue weighted by Crippen LogP contribution is -2.32. The van der Waals surface area contributed by atoms with E-state index in [-0.39, 0.29) is 23.3 Å². The van der Waals surface area contributed by atoms with Crippen molar-refractivity contribution >= 4 is 11.6 Å². The second kappa shape index (κ2) is 6.10.